The van der Waals surface area contributed by atoms with Crippen molar-refractivity contribution in [3.8, 4) is 0 Å². The minimum atomic E-state index is -2.86. The Labute approximate surface area is 71.4 Å². The number of amides is 1. The second-order valence-corrected chi connectivity index (χ2v) is 5.15. The van der Waals surface area contributed by atoms with Gasteiger partial charge in [0.1, 0.15) is 0 Å². The fourth-order valence-corrected chi connectivity index (χ4v) is 2.79. The molecule has 1 amide bonds. The topological polar surface area (TPSA) is 75.3 Å². The van der Waals surface area contributed by atoms with Gasteiger partial charge in [0.15, 0.2) is 9.84 Å². The number of hydrogen-bond acceptors (Lipinski definition) is 4. The minimum absolute atomic E-state index is 0.118. The summed E-state index contributed by atoms with van der Waals surface area (Å²) in [5, 5.41) is 0. The van der Waals surface area contributed by atoms with Crippen molar-refractivity contribution in [2.75, 3.05) is 11.5 Å². The van der Waals surface area contributed by atoms with E-state index in [1.165, 1.54) is 6.92 Å². The van der Waals surface area contributed by atoms with Crippen LogP contribution < -0.4 is 10.9 Å². The predicted octanol–water partition coefficient (Wildman–Crippen LogP) is -1.19. The maximum atomic E-state index is 10.9. The van der Waals surface area contributed by atoms with Crippen LogP contribution in [0.5, 0.6) is 0 Å². The molecule has 0 radical (unpaired) electrons. The van der Waals surface area contributed by atoms with Gasteiger partial charge in [-0.25, -0.2) is 13.8 Å². The summed E-state index contributed by atoms with van der Waals surface area (Å²) in [6.45, 7) is 1.37. The van der Waals surface area contributed by atoms with Gasteiger partial charge in [-0.15, -0.1) is 0 Å². The average molecular weight is 192 g/mol. The normalized spacial score (nSPS) is 26.9. The van der Waals surface area contributed by atoms with Gasteiger partial charge in [0.25, 0.3) is 0 Å². The molecule has 1 atom stereocenters. The Morgan fingerprint density at radius 1 is 1.50 bits per heavy atom. The Balaban J connectivity index is 2.34. The molecule has 0 spiro atoms. The van der Waals surface area contributed by atoms with Crippen LogP contribution in [0.4, 0.5) is 0 Å². The molecule has 1 saturated heterocycles. The second-order valence-electron chi connectivity index (χ2n) is 2.93. The van der Waals surface area contributed by atoms with Crippen LogP contribution in [0.15, 0.2) is 0 Å². The first-order chi connectivity index (χ1) is 5.49. The van der Waals surface area contributed by atoms with Crippen molar-refractivity contribution in [2.24, 2.45) is 0 Å². The van der Waals surface area contributed by atoms with Crippen molar-refractivity contribution in [1.29, 1.82) is 0 Å². The molecule has 0 aromatic heterocycles. The van der Waals surface area contributed by atoms with E-state index in [9.17, 15) is 13.2 Å². The van der Waals surface area contributed by atoms with Crippen molar-refractivity contribution in [1.82, 2.24) is 10.9 Å². The predicted molar refractivity (Wildman–Crippen MR) is 44.0 cm³/mol. The highest BCUT2D eigenvalue weighted by molar-refractivity contribution is 7.91. The summed E-state index contributed by atoms with van der Waals surface area (Å²) in [6, 6.07) is -0.126. The van der Waals surface area contributed by atoms with Crippen LogP contribution in [0.1, 0.15) is 13.3 Å². The van der Waals surface area contributed by atoms with E-state index in [1.54, 1.807) is 0 Å². The van der Waals surface area contributed by atoms with Crippen LogP contribution in [0.25, 0.3) is 0 Å². The zero-order valence-corrected chi connectivity index (χ0v) is 7.65. The fourth-order valence-electron chi connectivity index (χ4n) is 1.11. The van der Waals surface area contributed by atoms with E-state index in [2.05, 4.69) is 10.9 Å². The molecule has 0 aromatic rings. The number of carbonyl (C=O) groups is 1. The SMILES string of the molecule is CC(=O)NN[C@H]1CCS(=O)(=O)C1. The zero-order chi connectivity index (χ0) is 9.19. The molecule has 6 heteroatoms. The molecule has 5 nitrogen and oxygen atoms in total. The summed E-state index contributed by atoms with van der Waals surface area (Å²) in [6.07, 6.45) is 0.572. The largest absolute Gasteiger partial charge is 0.292 e. The first-order valence-corrected chi connectivity index (χ1v) is 5.54. The van der Waals surface area contributed by atoms with Crippen LogP contribution in [-0.4, -0.2) is 31.9 Å². The van der Waals surface area contributed by atoms with Crippen LogP contribution >= 0.6 is 0 Å². The molecule has 1 fully saturated rings. The number of nitrogens with one attached hydrogen (secondary N) is 2. The Kier molecular flexibility index (Phi) is 2.69. The van der Waals surface area contributed by atoms with Crippen molar-refractivity contribution in [3.05, 3.63) is 0 Å². The van der Waals surface area contributed by atoms with E-state index in [0.717, 1.165) is 0 Å². The van der Waals surface area contributed by atoms with Crippen LogP contribution in [0.3, 0.4) is 0 Å². The lowest BCUT2D eigenvalue weighted by Crippen LogP contribution is -2.43. The van der Waals surface area contributed by atoms with Crippen molar-refractivity contribution < 1.29 is 13.2 Å². The highest BCUT2D eigenvalue weighted by atomic mass is 32.2. The Bertz CT molecular complexity index is 273. The molecule has 0 aliphatic carbocycles. The van der Waals surface area contributed by atoms with Crippen molar-refractivity contribution in [3.63, 3.8) is 0 Å². The third-order valence-electron chi connectivity index (χ3n) is 1.68. The van der Waals surface area contributed by atoms with Gasteiger partial charge >= 0.3 is 0 Å². The standard InChI is InChI=1S/C6H12N2O3S/c1-5(9)7-8-6-2-3-12(10,11)4-6/h6,8H,2-4H2,1H3,(H,7,9)/t6-/m0/s1. The summed E-state index contributed by atoms with van der Waals surface area (Å²) in [5.74, 6) is 0.122. The maximum Gasteiger partial charge on any atom is 0.230 e. The van der Waals surface area contributed by atoms with E-state index in [1.807, 2.05) is 0 Å². The highest BCUT2D eigenvalue weighted by Gasteiger charge is 2.27. The lowest BCUT2D eigenvalue weighted by Gasteiger charge is -2.09. The third kappa shape index (κ3) is 2.78. The molecule has 1 aliphatic rings. The van der Waals surface area contributed by atoms with E-state index < -0.39 is 9.84 Å². The maximum absolute atomic E-state index is 10.9. The molecular weight excluding hydrogens is 180 g/mol. The van der Waals surface area contributed by atoms with Crippen molar-refractivity contribution in [2.45, 2.75) is 19.4 Å². The van der Waals surface area contributed by atoms with Gasteiger partial charge < -0.3 is 0 Å². The number of sulfone groups is 1. The molecule has 1 heterocycles. The fraction of sp³-hybridized carbons (Fsp3) is 0.833. The summed E-state index contributed by atoms with van der Waals surface area (Å²) in [7, 11) is -2.86. The van der Waals surface area contributed by atoms with E-state index in [-0.39, 0.29) is 23.5 Å². The quantitative estimate of drug-likeness (QED) is 0.540. The monoisotopic (exact) mass is 192 g/mol. The summed E-state index contributed by atoms with van der Waals surface area (Å²) < 4.78 is 21.9. The van der Waals surface area contributed by atoms with E-state index in [4.69, 9.17) is 0 Å². The van der Waals surface area contributed by atoms with E-state index >= 15 is 0 Å². The first-order valence-electron chi connectivity index (χ1n) is 3.72. The number of hydrazine groups is 1. The highest BCUT2D eigenvalue weighted by Crippen LogP contribution is 2.09. The molecular formula is C6H12N2O3S. The number of hydrogen-bond donors (Lipinski definition) is 2. The van der Waals surface area contributed by atoms with Gasteiger partial charge in [-0.1, -0.05) is 0 Å². The summed E-state index contributed by atoms with van der Waals surface area (Å²) in [5.41, 5.74) is 5.03. The Morgan fingerprint density at radius 2 is 2.17 bits per heavy atom. The molecule has 0 saturated carbocycles. The van der Waals surface area contributed by atoms with Crippen LogP contribution in [0.2, 0.25) is 0 Å². The van der Waals surface area contributed by atoms with Gasteiger partial charge in [0.2, 0.25) is 5.91 Å². The van der Waals surface area contributed by atoms with Gasteiger partial charge in [-0.2, -0.15) is 0 Å². The lowest BCUT2D eigenvalue weighted by molar-refractivity contribution is -0.120. The average Bonchev–Trinajstić information content (AvgIpc) is 2.26. The summed E-state index contributed by atoms with van der Waals surface area (Å²) in [4.78, 5) is 10.4. The number of carbonyl (C=O) groups excluding carboxylic acids is 1. The van der Waals surface area contributed by atoms with Gasteiger partial charge in [-0.05, 0) is 6.42 Å². The molecule has 1 aliphatic heterocycles. The molecule has 0 bridgehead atoms. The smallest absolute Gasteiger partial charge is 0.230 e. The lowest BCUT2D eigenvalue weighted by atomic mass is 10.3. The molecule has 1 rings (SSSR count). The van der Waals surface area contributed by atoms with Gasteiger partial charge in [-0.3, -0.25) is 10.2 Å². The molecule has 2 N–H and O–H groups in total. The Morgan fingerprint density at radius 3 is 2.58 bits per heavy atom. The second kappa shape index (κ2) is 3.40. The minimum Gasteiger partial charge on any atom is -0.292 e. The molecule has 0 unspecified atom stereocenters. The van der Waals surface area contributed by atoms with Crippen LogP contribution in [-0.2, 0) is 14.6 Å². The molecule has 70 valence electrons. The third-order valence-corrected chi connectivity index (χ3v) is 3.45. The molecule has 0 aromatic carbocycles. The van der Waals surface area contributed by atoms with Crippen molar-refractivity contribution >= 4 is 15.7 Å². The van der Waals surface area contributed by atoms with Gasteiger partial charge in [0.05, 0.1) is 11.5 Å². The van der Waals surface area contributed by atoms with Gasteiger partial charge in [0, 0.05) is 13.0 Å². The van der Waals surface area contributed by atoms with E-state index in [0.29, 0.717) is 6.42 Å². The number of rotatable bonds is 2. The first kappa shape index (κ1) is 9.47. The molecule has 12 heavy (non-hydrogen) atoms. The summed E-state index contributed by atoms with van der Waals surface area (Å²) >= 11 is 0. The van der Waals surface area contributed by atoms with Crippen LogP contribution in [0, 0.1) is 0 Å². The zero-order valence-electron chi connectivity index (χ0n) is 6.83. The Hall–Kier alpha value is -0.620.